The van der Waals surface area contributed by atoms with Gasteiger partial charge in [0.1, 0.15) is 0 Å². The van der Waals surface area contributed by atoms with Crippen LogP contribution in [-0.2, 0) is 17.1 Å². The second-order valence-electron chi connectivity index (χ2n) is 6.30. The summed E-state index contributed by atoms with van der Waals surface area (Å²) in [5.74, 6) is -0.346. The largest absolute Gasteiger partial charge is 0.319 e. The van der Waals surface area contributed by atoms with Gasteiger partial charge in [0.25, 0.3) is 5.91 Å². The van der Waals surface area contributed by atoms with Gasteiger partial charge in [-0.3, -0.25) is 9.48 Å². The van der Waals surface area contributed by atoms with E-state index >= 15 is 0 Å². The van der Waals surface area contributed by atoms with Gasteiger partial charge in [-0.05, 0) is 37.5 Å². The van der Waals surface area contributed by atoms with Crippen LogP contribution in [0.5, 0.6) is 0 Å². The van der Waals surface area contributed by atoms with Crippen molar-refractivity contribution in [3.8, 4) is 0 Å². The van der Waals surface area contributed by atoms with Crippen LogP contribution in [0.4, 0.5) is 5.69 Å². The van der Waals surface area contributed by atoms with Gasteiger partial charge in [-0.1, -0.05) is 12.5 Å². The standard InChI is InChI=1S/C17H22N4O3S/c1-13-6-7-15(25(23,24)21-8-4-3-5-9-21)10-16(13)17(22)19-14-11-18-20(2)12-14/h6-7,10-12H,3-5,8-9H2,1-2H3,(H,19,22). The van der Waals surface area contributed by atoms with E-state index in [0.29, 0.717) is 24.3 Å². The van der Waals surface area contributed by atoms with E-state index in [1.54, 1.807) is 43.2 Å². The summed E-state index contributed by atoms with van der Waals surface area (Å²) in [6.07, 6.45) is 6.03. The molecule has 1 fully saturated rings. The Morgan fingerprint density at radius 3 is 2.56 bits per heavy atom. The molecule has 0 saturated carbocycles. The summed E-state index contributed by atoms with van der Waals surface area (Å²) in [6.45, 7) is 2.86. The lowest BCUT2D eigenvalue weighted by Gasteiger charge is -2.26. The number of sulfonamides is 1. The number of carbonyl (C=O) groups excluding carboxylic acids is 1. The molecule has 25 heavy (non-hydrogen) atoms. The van der Waals surface area contributed by atoms with Crippen LogP contribution < -0.4 is 5.32 Å². The van der Waals surface area contributed by atoms with Crippen molar-refractivity contribution in [1.82, 2.24) is 14.1 Å². The summed E-state index contributed by atoms with van der Waals surface area (Å²) in [6, 6.07) is 4.71. The first-order valence-electron chi connectivity index (χ1n) is 8.29. The molecule has 1 aromatic heterocycles. The monoisotopic (exact) mass is 362 g/mol. The smallest absolute Gasteiger partial charge is 0.256 e. The number of piperidine rings is 1. The fraction of sp³-hybridized carbons (Fsp3) is 0.412. The minimum absolute atomic E-state index is 0.163. The number of nitrogens with zero attached hydrogens (tertiary/aromatic N) is 3. The third-order valence-electron chi connectivity index (χ3n) is 4.37. The number of carbonyl (C=O) groups is 1. The molecule has 8 heteroatoms. The third kappa shape index (κ3) is 3.74. The van der Waals surface area contributed by atoms with Crippen LogP contribution in [0.15, 0.2) is 35.5 Å². The van der Waals surface area contributed by atoms with Gasteiger partial charge in [0.05, 0.1) is 16.8 Å². The van der Waals surface area contributed by atoms with E-state index in [2.05, 4.69) is 10.4 Å². The first-order valence-corrected chi connectivity index (χ1v) is 9.73. The molecule has 0 radical (unpaired) electrons. The first kappa shape index (κ1) is 17.6. The zero-order valence-corrected chi connectivity index (χ0v) is 15.2. The Kier molecular flexibility index (Phi) is 4.91. The lowest BCUT2D eigenvalue weighted by atomic mass is 10.1. The van der Waals surface area contributed by atoms with E-state index in [1.807, 2.05) is 0 Å². The van der Waals surface area contributed by atoms with Gasteiger partial charge in [0.15, 0.2) is 0 Å². The van der Waals surface area contributed by atoms with E-state index in [-0.39, 0.29) is 10.8 Å². The van der Waals surface area contributed by atoms with E-state index in [9.17, 15) is 13.2 Å². The van der Waals surface area contributed by atoms with Crippen molar-refractivity contribution in [2.24, 2.45) is 7.05 Å². The van der Waals surface area contributed by atoms with Crippen LogP contribution in [0.1, 0.15) is 35.2 Å². The Morgan fingerprint density at radius 2 is 1.92 bits per heavy atom. The van der Waals surface area contributed by atoms with Crippen molar-refractivity contribution in [3.05, 3.63) is 41.7 Å². The summed E-state index contributed by atoms with van der Waals surface area (Å²) < 4.78 is 28.7. The average molecular weight is 362 g/mol. The number of aromatic nitrogens is 2. The van der Waals surface area contributed by atoms with Gasteiger partial charge in [0, 0.05) is 31.9 Å². The summed E-state index contributed by atoms with van der Waals surface area (Å²) in [7, 11) is -1.81. The van der Waals surface area contributed by atoms with Crippen LogP contribution in [0.3, 0.4) is 0 Å². The molecule has 0 atom stereocenters. The molecule has 1 aliphatic heterocycles. The fourth-order valence-electron chi connectivity index (χ4n) is 2.94. The molecule has 0 spiro atoms. The molecule has 3 rings (SSSR count). The number of rotatable bonds is 4. The Labute approximate surface area is 147 Å². The topological polar surface area (TPSA) is 84.3 Å². The predicted molar refractivity (Wildman–Crippen MR) is 95.0 cm³/mol. The minimum Gasteiger partial charge on any atom is -0.319 e. The van der Waals surface area contributed by atoms with Gasteiger partial charge < -0.3 is 5.32 Å². The number of aryl methyl sites for hydroxylation is 2. The highest BCUT2D eigenvalue weighted by molar-refractivity contribution is 7.89. The first-order chi connectivity index (χ1) is 11.9. The van der Waals surface area contributed by atoms with E-state index in [1.165, 1.54) is 10.4 Å². The summed E-state index contributed by atoms with van der Waals surface area (Å²) in [5, 5.41) is 6.75. The molecule has 1 aromatic carbocycles. The molecular formula is C17H22N4O3S. The van der Waals surface area contributed by atoms with Crippen LogP contribution in [-0.4, -0.2) is 41.5 Å². The maximum absolute atomic E-state index is 12.8. The van der Waals surface area contributed by atoms with Crippen LogP contribution >= 0.6 is 0 Å². The Bertz CT molecular complexity index is 883. The fourth-order valence-corrected chi connectivity index (χ4v) is 4.49. The maximum Gasteiger partial charge on any atom is 0.256 e. The molecule has 7 nitrogen and oxygen atoms in total. The quantitative estimate of drug-likeness (QED) is 0.903. The van der Waals surface area contributed by atoms with Crippen LogP contribution in [0.25, 0.3) is 0 Å². The van der Waals surface area contributed by atoms with E-state index < -0.39 is 10.0 Å². The maximum atomic E-state index is 12.8. The number of anilines is 1. The summed E-state index contributed by atoms with van der Waals surface area (Å²) in [5.41, 5.74) is 1.64. The van der Waals surface area contributed by atoms with Gasteiger partial charge in [0.2, 0.25) is 10.0 Å². The zero-order valence-electron chi connectivity index (χ0n) is 14.4. The average Bonchev–Trinajstić information content (AvgIpc) is 3.00. The molecular weight excluding hydrogens is 340 g/mol. The van der Waals surface area contributed by atoms with Crippen molar-refractivity contribution in [1.29, 1.82) is 0 Å². The Morgan fingerprint density at radius 1 is 1.20 bits per heavy atom. The highest BCUT2D eigenvalue weighted by atomic mass is 32.2. The lowest BCUT2D eigenvalue weighted by Crippen LogP contribution is -2.35. The number of hydrogen-bond acceptors (Lipinski definition) is 4. The second-order valence-corrected chi connectivity index (χ2v) is 8.24. The number of benzene rings is 1. The minimum atomic E-state index is -3.57. The molecule has 1 amide bonds. The van der Waals surface area contributed by atoms with Crippen molar-refractivity contribution in [2.45, 2.75) is 31.1 Å². The number of amides is 1. The normalized spacial score (nSPS) is 15.9. The summed E-state index contributed by atoms with van der Waals surface area (Å²) in [4.78, 5) is 12.7. The second kappa shape index (κ2) is 6.97. The zero-order chi connectivity index (χ0) is 18.0. The molecule has 134 valence electrons. The highest BCUT2D eigenvalue weighted by Crippen LogP contribution is 2.23. The molecule has 1 saturated heterocycles. The van der Waals surface area contributed by atoms with Crippen LogP contribution in [0.2, 0.25) is 0 Å². The molecule has 1 N–H and O–H groups in total. The number of hydrogen-bond donors (Lipinski definition) is 1. The highest BCUT2D eigenvalue weighted by Gasteiger charge is 2.27. The van der Waals surface area contributed by atoms with Crippen molar-refractivity contribution in [3.63, 3.8) is 0 Å². The van der Waals surface area contributed by atoms with Crippen molar-refractivity contribution in [2.75, 3.05) is 18.4 Å². The van der Waals surface area contributed by atoms with Crippen LogP contribution in [0, 0.1) is 6.92 Å². The lowest BCUT2D eigenvalue weighted by molar-refractivity contribution is 0.102. The Hall–Kier alpha value is -2.19. The molecule has 0 bridgehead atoms. The van der Waals surface area contributed by atoms with Crippen molar-refractivity contribution >= 4 is 21.6 Å². The van der Waals surface area contributed by atoms with E-state index in [0.717, 1.165) is 24.8 Å². The molecule has 2 heterocycles. The van der Waals surface area contributed by atoms with Crippen molar-refractivity contribution < 1.29 is 13.2 Å². The molecule has 2 aromatic rings. The number of nitrogens with one attached hydrogen (secondary N) is 1. The van der Waals surface area contributed by atoms with Gasteiger partial charge in [-0.15, -0.1) is 0 Å². The molecule has 0 unspecified atom stereocenters. The molecule has 0 aliphatic carbocycles. The Balaban J connectivity index is 1.88. The van der Waals surface area contributed by atoms with Gasteiger partial charge >= 0.3 is 0 Å². The third-order valence-corrected chi connectivity index (χ3v) is 6.26. The predicted octanol–water partition coefficient (Wildman–Crippen LogP) is 2.16. The van der Waals surface area contributed by atoms with Gasteiger partial charge in [-0.2, -0.15) is 9.40 Å². The van der Waals surface area contributed by atoms with E-state index in [4.69, 9.17) is 0 Å². The molecule has 1 aliphatic rings. The SMILES string of the molecule is Cc1ccc(S(=O)(=O)N2CCCCC2)cc1C(=O)Nc1cnn(C)c1. The van der Waals surface area contributed by atoms with Gasteiger partial charge in [-0.25, -0.2) is 8.42 Å². The summed E-state index contributed by atoms with van der Waals surface area (Å²) >= 11 is 0.